The zero-order chi connectivity index (χ0) is 14.1. The number of hydrogen-bond acceptors (Lipinski definition) is 3. The van der Waals surface area contributed by atoms with Crippen molar-refractivity contribution >= 4 is 5.96 Å². The smallest absolute Gasteiger partial charge is 0.188 e. The fourth-order valence-electron chi connectivity index (χ4n) is 2.07. The first-order chi connectivity index (χ1) is 9.11. The standard InChI is InChI=1S/C14H30N4O/c1-4-19-13(8-9-18(2)3)11-17-14(15)16-10-12-6-5-7-12/h12-13H,4-11H2,1-3H3,(H3,15,16,17). The summed E-state index contributed by atoms with van der Waals surface area (Å²) in [4.78, 5) is 6.55. The number of nitrogens with zero attached hydrogens (tertiary/aromatic N) is 2. The summed E-state index contributed by atoms with van der Waals surface area (Å²) in [5, 5.41) is 3.21. The van der Waals surface area contributed by atoms with E-state index in [0.717, 1.165) is 32.0 Å². The van der Waals surface area contributed by atoms with E-state index in [0.29, 0.717) is 12.5 Å². The van der Waals surface area contributed by atoms with Crippen LogP contribution in [0.15, 0.2) is 4.99 Å². The minimum absolute atomic E-state index is 0.163. The molecule has 0 aromatic rings. The molecule has 0 aliphatic heterocycles. The Hall–Kier alpha value is -0.810. The zero-order valence-electron chi connectivity index (χ0n) is 12.7. The van der Waals surface area contributed by atoms with Crippen LogP contribution in [0.1, 0.15) is 32.6 Å². The van der Waals surface area contributed by atoms with Crippen LogP contribution >= 0.6 is 0 Å². The number of guanidine groups is 1. The summed E-state index contributed by atoms with van der Waals surface area (Å²) in [6, 6.07) is 0. The van der Waals surface area contributed by atoms with E-state index in [2.05, 4.69) is 29.3 Å². The molecule has 112 valence electrons. The number of aliphatic imine (C=N–C) groups is 1. The van der Waals surface area contributed by atoms with Gasteiger partial charge in [-0.25, -0.2) is 0 Å². The Morgan fingerprint density at radius 3 is 2.74 bits per heavy atom. The Labute approximate surface area is 117 Å². The Kier molecular flexibility index (Phi) is 7.82. The van der Waals surface area contributed by atoms with Gasteiger partial charge in [0.05, 0.1) is 12.6 Å². The van der Waals surface area contributed by atoms with E-state index in [1.807, 2.05) is 6.92 Å². The van der Waals surface area contributed by atoms with Gasteiger partial charge in [-0.1, -0.05) is 6.42 Å². The lowest BCUT2D eigenvalue weighted by Crippen LogP contribution is -2.38. The molecule has 0 aromatic carbocycles. The lowest BCUT2D eigenvalue weighted by atomic mass is 9.85. The van der Waals surface area contributed by atoms with Gasteiger partial charge in [0.1, 0.15) is 0 Å². The van der Waals surface area contributed by atoms with E-state index in [1.54, 1.807) is 0 Å². The van der Waals surface area contributed by atoms with Gasteiger partial charge in [0.15, 0.2) is 5.96 Å². The molecule has 1 rings (SSSR count). The van der Waals surface area contributed by atoms with Crippen molar-refractivity contribution in [1.82, 2.24) is 10.2 Å². The Bertz CT molecular complexity index is 264. The van der Waals surface area contributed by atoms with Crippen LogP contribution in [-0.2, 0) is 4.74 Å². The van der Waals surface area contributed by atoms with Crippen LogP contribution in [0.25, 0.3) is 0 Å². The molecule has 0 bridgehead atoms. The van der Waals surface area contributed by atoms with Crippen molar-refractivity contribution in [3.8, 4) is 0 Å². The molecule has 0 spiro atoms. The highest BCUT2D eigenvalue weighted by Gasteiger charge is 2.17. The third-order valence-electron chi connectivity index (χ3n) is 3.56. The molecule has 0 heterocycles. The van der Waals surface area contributed by atoms with Crippen LogP contribution in [0.2, 0.25) is 0 Å². The van der Waals surface area contributed by atoms with Gasteiger partial charge in [-0.2, -0.15) is 0 Å². The van der Waals surface area contributed by atoms with Gasteiger partial charge in [0.25, 0.3) is 0 Å². The van der Waals surface area contributed by atoms with Crippen molar-refractivity contribution < 1.29 is 4.74 Å². The quantitative estimate of drug-likeness (QED) is 0.485. The number of rotatable bonds is 9. The highest BCUT2D eigenvalue weighted by atomic mass is 16.5. The number of ether oxygens (including phenoxy) is 1. The molecule has 19 heavy (non-hydrogen) atoms. The summed E-state index contributed by atoms with van der Waals surface area (Å²) in [7, 11) is 4.14. The first-order valence-corrected chi connectivity index (χ1v) is 7.42. The summed E-state index contributed by atoms with van der Waals surface area (Å²) in [6.07, 6.45) is 5.16. The molecular formula is C14H30N4O. The van der Waals surface area contributed by atoms with Crippen molar-refractivity contribution in [2.75, 3.05) is 40.3 Å². The van der Waals surface area contributed by atoms with Gasteiger partial charge in [-0.05, 0) is 46.2 Å². The molecule has 1 aliphatic carbocycles. The average molecular weight is 270 g/mol. The lowest BCUT2D eigenvalue weighted by Gasteiger charge is -2.25. The molecule has 0 aromatic heterocycles. The minimum atomic E-state index is 0.163. The Balaban J connectivity index is 2.22. The van der Waals surface area contributed by atoms with Gasteiger partial charge < -0.3 is 20.7 Å². The highest BCUT2D eigenvalue weighted by molar-refractivity contribution is 5.77. The van der Waals surface area contributed by atoms with Gasteiger partial charge in [-0.3, -0.25) is 4.99 Å². The largest absolute Gasteiger partial charge is 0.377 e. The highest BCUT2D eigenvalue weighted by Crippen LogP contribution is 2.24. The molecule has 1 saturated carbocycles. The predicted octanol–water partition coefficient (Wildman–Crippen LogP) is 1.05. The SMILES string of the molecule is CCOC(CCN(C)C)CN=C(N)NCC1CCC1. The molecule has 3 N–H and O–H groups in total. The predicted molar refractivity (Wildman–Crippen MR) is 80.4 cm³/mol. The maximum atomic E-state index is 5.87. The molecule has 0 saturated heterocycles. The van der Waals surface area contributed by atoms with Crippen molar-refractivity contribution in [2.45, 2.75) is 38.7 Å². The summed E-state index contributed by atoms with van der Waals surface area (Å²) in [6.45, 7) is 5.36. The van der Waals surface area contributed by atoms with Crippen molar-refractivity contribution in [3.05, 3.63) is 0 Å². The van der Waals surface area contributed by atoms with Gasteiger partial charge in [0, 0.05) is 19.7 Å². The van der Waals surface area contributed by atoms with Crippen molar-refractivity contribution in [1.29, 1.82) is 0 Å². The first-order valence-electron chi connectivity index (χ1n) is 7.42. The molecule has 5 nitrogen and oxygen atoms in total. The summed E-state index contributed by atoms with van der Waals surface area (Å²) in [5.41, 5.74) is 5.87. The summed E-state index contributed by atoms with van der Waals surface area (Å²) < 4.78 is 5.68. The molecule has 5 heteroatoms. The fourth-order valence-corrected chi connectivity index (χ4v) is 2.07. The van der Waals surface area contributed by atoms with Crippen LogP contribution in [0, 0.1) is 5.92 Å². The first kappa shape index (κ1) is 16.2. The van der Waals surface area contributed by atoms with Crippen LogP contribution in [-0.4, -0.2) is 57.3 Å². The molecule has 0 radical (unpaired) electrons. The van der Waals surface area contributed by atoms with E-state index < -0.39 is 0 Å². The zero-order valence-corrected chi connectivity index (χ0v) is 12.7. The third kappa shape index (κ3) is 7.38. The Morgan fingerprint density at radius 2 is 2.21 bits per heavy atom. The molecule has 1 unspecified atom stereocenters. The molecule has 1 aliphatic rings. The van der Waals surface area contributed by atoms with Crippen molar-refractivity contribution in [2.24, 2.45) is 16.6 Å². The lowest BCUT2D eigenvalue weighted by molar-refractivity contribution is 0.0582. The van der Waals surface area contributed by atoms with E-state index in [9.17, 15) is 0 Å². The number of nitrogens with one attached hydrogen (secondary N) is 1. The second-order valence-electron chi connectivity index (χ2n) is 5.57. The molecule has 1 atom stereocenters. The summed E-state index contributed by atoms with van der Waals surface area (Å²) >= 11 is 0. The molecule has 1 fully saturated rings. The van der Waals surface area contributed by atoms with E-state index >= 15 is 0 Å². The molecule has 0 amide bonds. The van der Waals surface area contributed by atoms with E-state index in [4.69, 9.17) is 10.5 Å². The van der Waals surface area contributed by atoms with Crippen LogP contribution < -0.4 is 11.1 Å². The van der Waals surface area contributed by atoms with E-state index in [1.165, 1.54) is 19.3 Å². The maximum Gasteiger partial charge on any atom is 0.188 e. The fraction of sp³-hybridized carbons (Fsp3) is 0.929. The van der Waals surface area contributed by atoms with Gasteiger partial charge in [-0.15, -0.1) is 0 Å². The van der Waals surface area contributed by atoms with Crippen LogP contribution in [0.4, 0.5) is 0 Å². The minimum Gasteiger partial charge on any atom is -0.377 e. The van der Waals surface area contributed by atoms with Gasteiger partial charge >= 0.3 is 0 Å². The topological polar surface area (TPSA) is 62.9 Å². The molecular weight excluding hydrogens is 240 g/mol. The van der Waals surface area contributed by atoms with Crippen LogP contribution in [0.5, 0.6) is 0 Å². The second-order valence-corrected chi connectivity index (χ2v) is 5.57. The average Bonchev–Trinajstić information content (AvgIpc) is 2.30. The third-order valence-corrected chi connectivity index (χ3v) is 3.56. The van der Waals surface area contributed by atoms with Crippen molar-refractivity contribution in [3.63, 3.8) is 0 Å². The Morgan fingerprint density at radius 1 is 1.47 bits per heavy atom. The normalized spacial score (nSPS) is 18.4. The van der Waals surface area contributed by atoms with Crippen LogP contribution in [0.3, 0.4) is 0 Å². The maximum absolute atomic E-state index is 5.87. The monoisotopic (exact) mass is 270 g/mol. The summed E-state index contributed by atoms with van der Waals surface area (Å²) in [5.74, 6) is 1.35. The number of nitrogens with two attached hydrogens (primary N) is 1. The number of hydrogen-bond donors (Lipinski definition) is 2. The van der Waals surface area contributed by atoms with E-state index in [-0.39, 0.29) is 6.10 Å². The van der Waals surface area contributed by atoms with Gasteiger partial charge in [0.2, 0.25) is 0 Å². The second kappa shape index (κ2) is 9.15.